The lowest BCUT2D eigenvalue weighted by Crippen LogP contribution is -2.39. The van der Waals surface area contributed by atoms with Crippen LogP contribution in [0.5, 0.6) is 0 Å². The first-order valence-corrected chi connectivity index (χ1v) is 15.2. The van der Waals surface area contributed by atoms with E-state index in [9.17, 15) is 13.2 Å². The number of rotatable bonds is 17. The summed E-state index contributed by atoms with van der Waals surface area (Å²) in [5.41, 5.74) is 0.898. The SMILES string of the molecule is O=C(/C=C/c1cccnc1)NCCCCCCCCN(CCCN1CCOCC1)S(=O)(=O)c1ccccc1. The van der Waals surface area contributed by atoms with Gasteiger partial charge in [-0.25, -0.2) is 8.42 Å². The normalized spacial score (nSPS) is 14.8. The van der Waals surface area contributed by atoms with Crippen molar-refractivity contribution in [2.45, 2.75) is 49.8 Å². The monoisotopic (exact) mass is 542 g/mol. The molecule has 1 aromatic carbocycles. The van der Waals surface area contributed by atoms with E-state index in [2.05, 4.69) is 15.2 Å². The molecule has 0 saturated carbocycles. The van der Waals surface area contributed by atoms with Crippen molar-refractivity contribution in [2.75, 3.05) is 52.5 Å². The highest BCUT2D eigenvalue weighted by Gasteiger charge is 2.24. The van der Waals surface area contributed by atoms with Crippen LogP contribution in [-0.4, -0.2) is 81.0 Å². The van der Waals surface area contributed by atoms with Crippen LogP contribution in [-0.2, 0) is 19.6 Å². The molecule has 2 aromatic rings. The van der Waals surface area contributed by atoms with E-state index in [1.54, 1.807) is 47.0 Å². The first-order valence-electron chi connectivity index (χ1n) is 13.8. The van der Waals surface area contributed by atoms with Crippen LogP contribution < -0.4 is 5.32 Å². The number of nitrogens with zero attached hydrogens (tertiary/aromatic N) is 3. The number of benzene rings is 1. The number of ether oxygens (including phenoxy) is 1. The van der Waals surface area contributed by atoms with Gasteiger partial charge in [0, 0.05) is 51.2 Å². The number of carbonyl (C=O) groups excluding carboxylic acids is 1. The zero-order chi connectivity index (χ0) is 26.9. The molecule has 38 heavy (non-hydrogen) atoms. The molecule has 1 amide bonds. The molecule has 0 spiro atoms. The fourth-order valence-corrected chi connectivity index (χ4v) is 5.96. The smallest absolute Gasteiger partial charge is 0.243 e. The lowest BCUT2D eigenvalue weighted by molar-refractivity contribution is -0.116. The molecule has 1 N–H and O–H groups in total. The zero-order valence-corrected chi connectivity index (χ0v) is 23.2. The second kappa shape index (κ2) is 17.1. The van der Waals surface area contributed by atoms with E-state index < -0.39 is 10.0 Å². The van der Waals surface area contributed by atoms with E-state index in [4.69, 9.17) is 4.74 Å². The predicted octanol–water partition coefficient (Wildman–Crippen LogP) is 3.96. The molecule has 0 atom stereocenters. The number of carbonyl (C=O) groups is 1. The summed E-state index contributed by atoms with van der Waals surface area (Å²) in [4.78, 5) is 18.7. The zero-order valence-electron chi connectivity index (χ0n) is 22.3. The van der Waals surface area contributed by atoms with Gasteiger partial charge in [-0.1, -0.05) is 49.9 Å². The number of hydrogen-bond acceptors (Lipinski definition) is 6. The molecule has 3 rings (SSSR count). The minimum absolute atomic E-state index is 0.0952. The molecule has 1 aromatic heterocycles. The maximum absolute atomic E-state index is 13.3. The van der Waals surface area contributed by atoms with Crippen molar-refractivity contribution in [2.24, 2.45) is 0 Å². The number of pyridine rings is 1. The lowest BCUT2D eigenvalue weighted by atomic mass is 10.1. The quantitative estimate of drug-likeness (QED) is 0.240. The maximum atomic E-state index is 13.3. The molecule has 1 saturated heterocycles. The highest BCUT2D eigenvalue weighted by atomic mass is 32.2. The molecule has 0 unspecified atom stereocenters. The number of nitrogens with one attached hydrogen (secondary N) is 1. The van der Waals surface area contributed by atoms with E-state index >= 15 is 0 Å². The Morgan fingerprint density at radius 2 is 1.66 bits per heavy atom. The molecule has 0 bridgehead atoms. The number of morpholine rings is 1. The summed E-state index contributed by atoms with van der Waals surface area (Å²) < 4.78 is 33.6. The van der Waals surface area contributed by atoms with Gasteiger partial charge >= 0.3 is 0 Å². The molecule has 8 nitrogen and oxygen atoms in total. The Morgan fingerprint density at radius 1 is 0.947 bits per heavy atom. The van der Waals surface area contributed by atoms with Gasteiger partial charge in [0.1, 0.15) is 0 Å². The van der Waals surface area contributed by atoms with Gasteiger partial charge in [0.05, 0.1) is 18.1 Å². The molecule has 208 valence electrons. The Labute approximate surface area is 228 Å². The van der Waals surface area contributed by atoms with Gasteiger partial charge < -0.3 is 10.1 Å². The van der Waals surface area contributed by atoms with Crippen LogP contribution >= 0.6 is 0 Å². The van der Waals surface area contributed by atoms with E-state index in [0.717, 1.165) is 83.4 Å². The van der Waals surface area contributed by atoms with Crippen molar-refractivity contribution in [1.82, 2.24) is 19.5 Å². The fourth-order valence-electron chi connectivity index (χ4n) is 4.43. The van der Waals surface area contributed by atoms with Crippen molar-refractivity contribution in [1.29, 1.82) is 0 Å². The maximum Gasteiger partial charge on any atom is 0.243 e. The van der Waals surface area contributed by atoms with Crippen LogP contribution in [0.2, 0.25) is 0 Å². The van der Waals surface area contributed by atoms with Gasteiger partial charge in [0.25, 0.3) is 0 Å². The van der Waals surface area contributed by atoms with Crippen molar-refractivity contribution in [3.8, 4) is 0 Å². The molecular weight excluding hydrogens is 500 g/mol. The molecule has 1 fully saturated rings. The van der Waals surface area contributed by atoms with E-state index in [0.29, 0.717) is 24.5 Å². The van der Waals surface area contributed by atoms with Gasteiger partial charge in [0.2, 0.25) is 15.9 Å². The summed E-state index contributed by atoms with van der Waals surface area (Å²) in [5.74, 6) is -0.0952. The molecule has 1 aliphatic heterocycles. The van der Waals surface area contributed by atoms with Crippen molar-refractivity contribution < 1.29 is 17.9 Å². The largest absolute Gasteiger partial charge is 0.379 e. The summed E-state index contributed by atoms with van der Waals surface area (Å²) in [6, 6.07) is 12.5. The van der Waals surface area contributed by atoms with Gasteiger partial charge in [-0.15, -0.1) is 0 Å². The lowest BCUT2D eigenvalue weighted by Gasteiger charge is -2.28. The summed E-state index contributed by atoms with van der Waals surface area (Å²) >= 11 is 0. The van der Waals surface area contributed by atoms with Gasteiger partial charge in [-0.05, 0) is 55.6 Å². The number of aromatic nitrogens is 1. The van der Waals surface area contributed by atoms with Gasteiger partial charge in [0.15, 0.2) is 0 Å². The van der Waals surface area contributed by atoms with Gasteiger partial charge in [-0.3, -0.25) is 14.7 Å². The van der Waals surface area contributed by atoms with Crippen molar-refractivity contribution >= 4 is 22.0 Å². The minimum Gasteiger partial charge on any atom is -0.379 e. The Kier molecular flexibility index (Phi) is 13.5. The second-order valence-corrected chi connectivity index (χ2v) is 11.5. The minimum atomic E-state index is -3.50. The van der Waals surface area contributed by atoms with Crippen LogP contribution in [0, 0.1) is 0 Å². The van der Waals surface area contributed by atoms with Gasteiger partial charge in [-0.2, -0.15) is 4.31 Å². The topological polar surface area (TPSA) is 91.8 Å². The standard InChI is InChI=1S/C29H42N4O4S/c34-29(16-15-27-12-10-17-30-26-27)31-18-8-3-1-2-4-9-20-33(21-11-19-32-22-24-37-25-23-32)38(35,36)28-13-6-5-7-14-28/h5-7,10,12-17,26H,1-4,8-9,11,18-25H2,(H,31,34)/b16-15+. The molecule has 2 heterocycles. The van der Waals surface area contributed by atoms with E-state index in [1.807, 2.05) is 18.2 Å². The third kappa shape index (κ3) is 11.0. The summed E-state index contributed by atoms with van der Waals surface area (Å²) in [5, 5.41) is 2.92. The number of unbranched alkanes of at least 4 members (excludes halogenated alkanes) is 5. The summed E-state index contributed by atoms with van der Waals surface area (Å²) in [7, 11) is -3.50. The van der Waals surface area contributed by atoms with Crippen LogP contribution in [0.4, 0.5) is 0 Å². The third-order valence-corrected chi connectivity index (χ3v) is 8.52. The van der Waals surface area contributed by atoms with Crippen molar-refractivity contribution in [3.63, 3.8) is 0 Å². The molecule has 1 aliphatic rings. The molecule has 9 heteroatoms. The summed E-state index contributed by atoms with van der Waals surface area (Å²) in [6.45, 7) is 5.95. The fraction of sp³-hybridized carbons (Fsp3) is 0.517. The Balaban J connectivity index is 1.32. The molecule has 0 radical (unpaired) electrons. The van der Waals surface area contributed by atoms with E-state index in [-0.39, 0.29) is 5.91 Å². The number of amides is 1. The highest BCUT2D eigenvalue weighted by Crippen LogP contribution is 2.17. The molecular formula is C29H42N4O4S. The Bertz CT molecular complexity index is 1060. The van der Waals surface area contributed by atoms with Crippen LogP contribution in [0.3, 0.4) is 0 Å². The van der Waals surface area contributed by atoms with Crippen LogP contribution in [0.25, 0.3) is 6.08 Å². The second-order valence-electron chi connectivity index (χ2n) is 9.56. The Hall–Kier alpha value is -2.59. The van der Waals surface area contributed by atoms with Crippen LogP contribution in [0.1, 0.15) is 50.5 Å². The first-order chi connectivity index (χ1) is 18.6. The summed E-state index contributed by atoms with van der Waals surface area (Å²) in [6.07, 6.45) is 13.5. The molecule has 0 aliphatic carbocycles. The van der Waals surface area contributed by atoms with Crippen molar-refractivity contribution in [3.05, 3.63) is 66.5 Å². The Morgan fingerprint density at radius 3 is 2.39 bits per heavy atom. The average molecular weight is 543 g/mol. The van der Waals surface area contributed by atoms with Crippen LogP contribution in [0.15, 0.2) is 65.8 Å². The predicted molar refractivity (Wildman–Crippen MR) is 151 cm³/mol. The van der Waals surface area contributed by atoms with E-state index in [1.165, 1.54) is 6.08 Å². The first kappa shape index (κ1) is 30.0. The highest BCUT2D eigenvalue weighted by molar-refractivity contribution is 7.89. The average Bonchev–Trinajstić information content (AvgIpc) is 2.95. The number of hydrogen-bond donors (Lipinski definition) is 1. The number of sulfonamides is 1. The third-order valence-electron chi connectivity index (χ3n) is 6.61.